The summed E-state index contributed by atoms with van der Waals surface area (Å²) in [6.45, 7) is 6.00. The maximum Gasteiger partial charge on any atom is 0.274 e. The standard InChI is InChI=1S/C23H25FN2O4S/c1-3-28-18-9-8-15(14-19(18)29-4-2)22(27)26-12-10-16(11-13-26)30-23-25-21-17(24)6-5-7-20(21)31-23/h5-9,14,16H,3-4,10-13H2,1-2H3. The van der Waals surface area contributed by atoms with E-state index in [2.05, 4.69) is 4.98 Å². The van der Waals surface area contributed by atoms with Gasteiger partial charge < -0.3 is 19.1 Å². The fourth-order valence-electron chi connectivity index (χ4n) is 3.63. The molecule has 1 aliphatic heterocycles. The maximum atomic E-state index is 13.9. The number of carbonyl (C=O) groups excluding carboxylic acids is 1. The lowest BCUT2D eigenvalue weighted by molar-refractivity contribution is 0.0595. The molecular weight excluding hydrogens is 419 g/mol. The molecule has 0 saturated carbocycles. The molecule has 164 valence electrons. The molecule has 2 aromatic carbocycles. The first-order valence-electron chi connectivity index (χ1n) is 10.5. The van der Waals surface area contributed by atoms with Gasteiger partial charge in [-0.15, -0.1) is 0 Å². The van der Waals surface area contributed by atoms with Gasteiger partial charge in [0.05, 0.1) is 17.9 Å². The number of amides is 1. The molecule has 0 atom stereocenters. The third-order valence-corrected chi connectivity index (χ3v) is 6.05. The highest BCUT2D eigenvalue weighted by atomic mass is 32.1. The van der Waals surface area contributed by atoms with Crippen LogP contribution in [-0.4, -0.2) is 48.2 Å². The lowest BCUT2D eigenvalue weighted by Gasteiger charge is -2.31. The number of carbonyl (C=O) groups is 1. The van der Waals surface area contributed by atoms with E-state index in [0.717, 1.165) is 4.70 Å². The molecule has 0 aliphatic carbocycles. The second-order valence-corrected chi connectivity index (χ2v) is 8.20. The van der Waals surface area contributed by atoms with Crippen molar-refractivity contribution in [3.05, 3.63) is 47.8 Å². The molecule has 0 N–H and O–H groups in total. The van der Waals surface area contributed by atoms with E-state index < -0.39 is 0 Å². The number of nitrogens with zero attached hydrogens (tertiary/aromatic N) is 2. The highest BCUT2D eigenvalue weighted by molar-refractivity contribution is 7.20. The van der Waals surface area contributed by atoms with Gasteiger partial charge in [-0.2, -0.15) is 4.98 Å². The molecule has 6 nitrogen and oxygen atoms in total. The highest BCUT2D eigenvalue weighted by Crippen LogP contribution is 2.32. The molecule has 8 heteroatoms. The first-order chi connectivity index (χ1) is 15.1. The Morgan fingerprint density at radius 3 is 2.58 bits per heavy atom. The Balaban J connectivity index is 1.38. The number of benzene rings is 2. The van der Waals surface area contributed by atoms with Crippen LogP contribution in [0.2, 0.25) is 0 Å². The Kier molecular flexibility index (Phi) is 6.56. The summed E-state index contributed by atoms with van der Waals surface area (Å²) in [7, 11) is 0. The van der Waals surface area contributed by atoms with Gasteiger partial charge in [0.15, 0.2) is 11.5 Å². The largest absolute Gasteiger partial charge is 0.490 e. The minimum Gasteiger partial charge on any atom is -0.490 e. The number of fused-ring (bicyclic) bond motifs is 1. The van der Waals surface area contributed by atoms with Gasteiger partial charge >= 0.3 is 0 Å². The van der Waals surface area contributed by atoms with Gasteiger partial charge in [0.1, 0.15) is 17.4 Å². The number of hydrogen-bond acceptors (Lipinski definition) is 6. The van der Waals surface area contributed by atoms with Gasteiger partial charge in [0, 0.05) is 31.5 Å². The van der Waals surface area contributed by atoms with E-state index in [4.69, 9.17) is 14.2 Å². The third-order valence-electron chi connectivity index (χ3n) is 5.14. The molecule has 3 aromatic rings. The third kappa shape index (κ3) is 4.74. The van der Waals surface area contributed by atoms with Gasteiger partial charge in [-0.3, -0.25) is 4.79 Å². The first-order valence-corrected chi connectivity index (χ1v) is 11.3. The molecule has 1 fully saturated rings. The topological polar surface area (TPSA) is 60.9 Å². The van der Waals surface area contributed by atoms with Gasteiger partial charge in [0.25, 0.3) is 11.1 Å². The van der Waals surface area contributed by atoms with Crippen LogP contribution in [0, 0.1) is 5.82 Å². The zero-order valence-electron chi connectivity index (χ0n) is 17.6. The summed E-state index contributed by atoms with van der Waals surface area (Å²) in [4.78, 5) is 19.1. The molecular formula is C23H25FN2O4S. The molecule has 0 bridgehead atoms. The van der Waals surface area contributed by atoms with E-state index in [1.807, 2.05) is 24.8 Å². The minimum absolute atomic E-state index is 0.0375. The van der Waals surface area contributed by atoms with Crippen LogP contribution in [0.3, 0.4) is 0 Å². The van der Waals surface area contributed by atoms with Crippen LogP contribution < -0.4 is 14.2 Å². The van der Waals surface area contributed by atoms with Crippen molar-refractivity contribution in [1.29, 1.82) is 0 Å². The Labute approximate surface area is 184 Å². The van der Waals surface area contributed by atoms with Gasteiger partial charge in [0.2, 0.25) is 0 Å². The van der Waals surface area contributed by atoms with Gasteiger partial charge in [-0.25, -0.2) is 4.39 Å². The van der Waals surface area contributed by atoms with Crippen LogP contribution in [-0.2, 0) is 0 Å². The van der Waals surface area contributed by atoms with Crippen LogP contribution in [0.15, 0.2) is 36.4 Å². The van der Waals surface area contributed by atoms with Crippen LogP contribution in [0.1, 0.15) is 37.0 Å². The van der Waals surface area contributed by atoms with E-state index in [0.29, 0.717) is 66.9 Å². The molecule has 31 heavy (non-hydrogen) atoms. The first kappa shape index (κ1) is 21.4. The van der Waals surface area contributed by atoms with Crippen molar-refractivity contribution in [2.45, 2.75) is 32.8 Å². The molecule has 1 saturated heterocycles. The minimum atomic E-state index is -0.342. The quantitative estimate of drug-likeness (QED) is 0.518. The van der Waals surface area contributed by atoms with Crippen molar-refractivity contribution >= 4 is 27.5 Å². The SMILES string of the molecule is CCOc1ccc(C(=O)N2CCC(Oc3nc4c(F)cccc4s3)CC2)cc1OCC. The van der Waals surface area contributed by atoms with Gasteiger partial charge in [-0.05, 0) is 44.2 Å². The zero-order valence-corrected chi connectivity index (χ0v) is 18.4. The van der Waals surface area contributed by atoms with Crippen LogP contribution in [0.5, 0.6) is 16.7 Å². The van der Waals surface area contributed by atoms with Crippen molar-refractivity contribution in [3.8, 4) is 16.7 Å². The van der Waals surface area contributed by atoms with E-state index >= 15 is 0 Å². The summed E-state index contributed by atoms with van der Waals surface area (Å²) >= 11 is 1.34. The number of para-hydroxylation sites is 1. The molecule has 1 amide bonds. The predicted molar refractivity (Wildman–Crippen MR) is 118 cm³/mol. The second kappa shape index (κ2) is 9.51. The smallest absolute Gasteiger partial charge is 0.274 e. The maximum absolute atomic E-state index is 13.9. The number of rotatable bonds is 7. The highest BCUT2D eigenvalue weighted by Gasteiger charge is 2.26. The van der Waals surface area contributed by atoms with E-state index in [1.165, 1.54) is 17.4 Å². The van der Waals surface area contributed by atoms with Crippen LogP contribution in [0.25, 0.3) is 10.2 Å². The zero-order chi connectivity index (χ0) is 21.8. The summed E-state index contributed by atoms with van der Waals surface area (Å²) < 4.78 is 31.8. The Morgan fingerprint density at radius 1 is 1.13 bits per heavy atom. The molecule has 4 rings (SSSR count). The predicted octanol–water partition coefficient (Wildman–Crippen LogP) is 4.92. The monoisotopic (exact) mass is 444 g/mol. The lowest BCUT2D eigenvalue weighted by Crippen LogP contribution is -2.41. The van der Waals surface area contributed by atoms with Gasteiger partial charge in [-0.1, -0.05) is 17.4 Å². The molecule has 0 radical (unpaired) electrons. The Hall–Kier alpha value is -2.87. The summed E-state index contributed by atoms with van der Waals surface area (Å²) in [6, 6.07) is 10.2. The van der Waals surface area contributed by atoms with Crippen molar-refractivity contribution < 1.29 is 23.4 Å². The normalized spacial score (nSPS) is 14.6. The molecule has 0 unspecified atom stereocenters. The molecule has 2 heterocycles. The van der Waals surface area contributed by atoms with Crippen molar-refractivity contribution in [2.75, 3.05) is 26.3 Å². The van der Waals surface area contributed by atoms with Crippen molar-refractivity contribution in [2.24, 2.45) is 0 Å². The Bertz CT molecular complexity index is 1060. The number of halogens is 1. The number of aromatic nitrogens is 1. The van der Waals surface area contributed by atoms with E-state index in [-0.39, 0.29) is 17.8 Å². The molecule has 1 aromatic heterocycles. The number of likely N-dealkylation sites (tertiary alicyclic amines) is 1. The van der Waals surface area contributed by atoms with Crippen molar-refractivity contribution in [1.82, 2.24) is 9.88 Å². The van der Waals surface area contributed by atoms with E-state index in [1.54, 1.807) is 24.3 Å². The average Bonchev–Trinajstić information content (AvgIpc) is 3.19. The van der Waals surface area contributed by atoms with Crippen LogP contribution >= 0.6 is 11.3 Å². The summed E-state index contributed by atoms with van der Waals surface area (Å²) in [5, 5.41) is 0.470. The summed E-state index contributed by atoms with van der Waals surface area (Å²) in [5.41, 5.74) is 0.920. The number of thiazole rings is 1. The molecule has 1 aliphatic rings. The van der Waals surface area contributed by atoms with Crippen molar-refractivity contribution in [3.63, 3.8) is 0 Å². The summed E-state index contributed by atoms with van der Waals surface area (Å²) in [6.07, 6.45) is 1.34. The molecule has 0 spiro atoms. The lowest BCUT2D eigenvalue weighted by atomic mass is 10.1. The van der Waals surface area contributed by atoms with Crippen LogP contribution in [0.4, 0.5) is 4.39 Å². The second-order valence-electron chi connectivity index (χ2n) is 7.20. The Morgan fingerprint density at radius 2 is 1.87 bits per heavy atom. The fourth-order valence-corrected chi connectivity index (χ4v) is 4.53. The number of piperidine rings is 1. The number of hydrogen-bond donors (Lipinski definition) is 0. The fraction of sp³-hybridized carbons (Fsp3) is 0.391. The summed E-state index contributed by atoms with van der Waals surface area (Å²) in [5.74, 6) is 0.840. The average molecular weight is 445 g/mol. The van der Waals surface area contributed by atoms with E-state index in [9.17, 15) is 9.18 Å². The number of ether oxygens (including phenoxy) is 3.